The Kier molecular flexibility index (Phi) is 6.88. The molecule has 2 aromatic heterocycles. The lowest BCUT2D eigenvalue weighted by Crippen LogP contribution is -2.26. The van der Waals surface area contributed by atoms with Gasteiger partial charge in [-0.25, -0.2) is 13.9 Å². The summed E-state index contributed by atoms with van der Waals surface area (Å²) in [6.07, 6.45) is 3.41. The Morgan fingerprint density at radius 1 is 1.20 bits per heavy atom. The van der Waals surface area contributed by atoms with Gasteiger partial charge < -0.3 is 10.5 Å². The fourth-order valence-electron chi connectivity index (χ4n) is 4.05. The van der Waals surface area contributed by atoms with Gasteiger partial charge in [-0.3, -0.25) is 15.0 Å². The van der Waals surface area contributed by atoms with Crippen molar-refractivity contribution in [2.75, 3.05) is 12.8 Å². The number of nitrogens with two attached hydrogens (primary N) is 1. The minimum atomic E-state index is -4.22. The highest BCUT2D eigenvalue weighted by Crippen LogP contribution is 2.42. The first kappa shape index (κ1) is 24.4. The first-order valence-corrected chi connectivity index (χ1v) is 12.9. The normalized spacial score (nSPS) is 11.3. The van der Waals surface area contributed by atoms with E-state index in [0.717, 1.165) is 11.1 Å². The molecule has 2 aromatic carbocycles. The predicted molar refractivity (Wildman–Crippen MR) is 134 cm³/mol. The maximum atomic E-state index is 13.9. The lowest BCUT2D eigenvalue weighted by Gasteiger charge is -2.23. The molecule has 0 bridgehead atoms. The van der Waals surface area contributed by atoms with Gasteiger partial charge in [0.05, 0.1) is 22.5 Å². The van der Waals surface area contributed by atoms with Gasteiger partial charge in [0.25, 0.3) is 5.91 Å². The minimum Gasteiger partial charge on any atom is -0.497 e. The average molecular weight is 510 g/mol. The number of thiophene rings is 1. The zero-order chi connectivity index (χ0) is 25.2. The first-order chi connectivity index (χ1) is 16.8. The summed E-state index contributed by atoms with van der Waals surface area (Å²) in [6.45, 7) is 1.56. The van der Waals surface area contributed by atoms with E-state index in [2.05, 4.69) is 4.98 Å². The molecule has 0 atom stereocenters. The van der Waals surface area contributed by atoms with Crippen molar-refractivity contribution >= 4 is 32.8 Å². The molecule has 180 valence electrons. The van der Waals surface area contributed by atoms with Crippen LogP contribution in [0.2, 0.25) is 0 Å². The van der Waals surface area contributed by atoms with Crippen molar-refractivity contribution in [3.8, 4) is 16.9 Å². The lowest BCUT2D eigenvalue weighted by atomic mass is 9.88. The number of hydrogen-bond acceptors (Lipinski definition) is 8. The number of anilines is 1. The zero-order valence-corrected chi connectivity index (χ0v) is 20.6. The van der Waals surface area contributed by atoms with Crippen molar-refractivity contribution in [3.05, 3.63) is 87.9 Å². The van der Waals surface area contributed by atoms with Crippen molar-refractivity contribution < 1.29 is 23.2 Å². The third kappa shape index (κ3) is 4.51. The van der Waals surface area contributed by atoms with Gasteiger partial charge in [-0.1, -0.05) is 6.07 Å². The van der Waals surface area contributed by atoms with Gasteiger partial charge in [0.2, 0.25) is 9.84 Å². The van der Waals surface area contributed by atoms with Gasteiger partial charge in [-0.15, -0.1) is 0 Å². The fraction of sp³-hybridized carbons (Fsp3) is 0.120. The quantitative estimate of drug-likeness (QED) is 0.193. The van der Waals surface area contributed by atoms with Crippen LogP contribution >= 0.6 is 11.3 Å². The molecule has 0 radical (unpaired) electrons. The third-order valence-electron chi connectivity index (χ3n) is 5.73. The summed E-state index contributed by atoms with van der Waals surface area (Å²) in [7, 11) is -2.75. The number of amides is 1. The summed E-state index contributed by atoms with van der Waals surface area (Å²) in [5.41, 5.74) is 10.9. The Bertz CT molecular complexity index is 1470. The highest BCUT2D eigenvalue weighted by molar-refractivity contribution is 7.91. The topological polar surface area (TPSA) is 132 Å². The first-order valence-electron chi connectivity index (χ1n) is 10.5. The number of carbonyl (C=O) groups is 1. The summed E-state index contributed by atoms with van der Waals surface area (Å²) in [5.74, 6) is -0.464. The maximum Gasteiger partial charge on any atom is 0.276 e. The second-order valence-corrected chi connectivity index (χ2v) is 10.4. The van der Waals surface area contributed by atoms with E-state index in [0.29, 0.717) is 16.9 Å². The number of hydroxylamine groups is 1. The van der Waals surface area contributed by atoms with Crippen LogP contribution in [0.25, 0.3) is 11.1 Å². The van der Waals surface area contributed by atoms with Crippen LogP contribution in [-0.4, -0.2) is 31.6 Å². The summed E-state index contributed by atoms with van der Waals surface area (Å²) >= 11 is 1.45. The number of aromatic nitrogens is 1. The Morgan fingerprint density at radius 2 is 1.94 bits per heavy atom. The average Bonchev–Trinajstić information content (AvgIpc) is 3.40. The van der Waals surface area contributed by atoms with E-state index in [1.54, 1.807) is 30.9 Å². The molecule has 8 nitrogen and oxygen atoms in total. The van der Waals surface area contributed by atoms with Crippen LogP contribution in [0, 0.1) is 6.92 Å². The van der Waals surface area contributed by atoms with Gasteiger partial charge in [-0.05, 0) is 76.3 Å². The van der Waals surface area contributed by atoms with Crippen LogP contribution in [-0.2, 0) is 16.3 Å². The molecule has 1 amide bonds. The maximum absolute atomic E-state index is 13.9. The van der Waals surface area contributed by atoms with Crippen molar-refractivity contribution in [1.82, 2.24) is 10.5 Å². The highest BCUT2D eigenvalue weighted by Gasteiger charge is 2.33. The Labute approximate surface area is 206 Å². The van der Waals surface area contributed by atoms with E-state index in [1.807, 2.05) is 22.9 Å². The largest absolute Gasteiger partial charge is 0.497 e. The molecule has 4 aromatic rings. The monoisotopic (exact) mass is 509 g/mol. The van der Waals surface area contributed by atoms with Crippen molar-refractivity contribution in [3.63, 3.8) is 0 Å². The molecule has 0 fully saturated rings. The Balaban J connectivity index is 2.09. The molecule has 4 N–H and O–H groups in total. The van der Waals surface area contributed by atoms with Gasteiger partial charge in [0, 0.05) is 30.1 Å². The summed E-state index contributed by atoms with van der Waals surface area (Å²) in [4.78, 5) is 16.9. The number of benzene rings is 2. The number of carbonyl (C=O) groups excluding carboxylic acids is 1. The number of nitrogen functional groups attached to an aromatic ring is 1. The number of methoxy groups -OCH3 is 1. The number of ether oxygens (including phenoxy) is 1. The molecular weight excluding hydrogens is 486 g/mol. The molecule has 0 spiro atoms. The third-order valence-corrected chi connectivity index (χ3v) is 8.35. The molecule has 4 rings (SSSR count). The van der Waals surface area contributed by atoms with Crippen molar-refractivity contribution in [2.45, 2.75) is 23.1 Å². The molecule has 35 heavy (non-hydrogen) atoms. The smallest absolute Gasteiger partial charge is 0.276 e. The fourth-order valence-corrected chi connectivity index (χ4v) is 6.42. The van der Waals surface area contributed by atoms with E-state index in [1.165, 1.54) is 42.7 Å². The molecule has 2 heterocycles. The molecule has 0 saturated heterocycles. The highest BCUT2D eigenvalue weighted by atomic mass is 32.2. The predicted octanol–water partition coefficient (Wildman–Crippen LogP) is 4.25. The number of nitrogens with one attached hydrogen (secondary N) is 1. The Hall–Kier alpha value is -3.73. The molecular formula is C25H23N3O5S2. The molecule has 0 saturated carbocycles. The standard InChI is InChI=1S/C25H23N3O5S2/c1-15-23(26)21(17-9-11-34-14-17)20(12-16-4-3-10-27-13-16)22(25(29)28-30)24(15)35(31,32)19-7-5-18(33-2)6-8-19/h3-11,13-14,30H,12,26H2,1-2H3,(H,28,29). The number of hydrogen-bond donors (Lipinski definition) is 3. The Morgan fingerprint density at radius 3 is 2.51 bits per heavy atom. The van der Waals surface area contributed by atoms with Crippen LogP contribution in [0.5, 0.6) is 5.75 Å². The van der Waals surface area contributed by atoms with Crippen LogP contribution < -0.4 is 16.0 Å². The van der Waals surface area contributed by atoms with Gasteiger partial charge in [-0.2, -0.15) is 11.3 Å². The summed E-state index contributed by atoms with van der Waals surface area (Å²) in [5, 5.41) is 13.4. The van der Waals surface area contributed by atoms with Crippen LogP contribution in [0.4, 0.5) is 5.69 Å². The van der Waals surface area contributed by atoms with Crippen LogP contribution in [0.3, 0.4) is 0 Å². The van der Waals surface area contributed by atoms with Gasteiger partial charge >= 0.3 is 0 Å². The second-order valence-electron chi connectivity index (χ2n) is 7.77. The van der Waals surface area contributed by atoms with E-state index in [-0.39, 0.29) is 33.0 Å². The van der Waals surface area contributed by atoms with Crippen molar-refractivity contribution in [1.29, 1.82) is 0 Å². The minimum absolute atomic E-state index is 0.0385. The molecule has 0 unspecified atom stereocenters. The van der Waals surface area contributed by atoms with Gasteiger partial charge in [0.15, 0.2) is 0 Å². The summed E-state index contributed by atoms with van der Waals surface area (Å²) in [6, 6.07) is 11.3. The van der Waals surface area contributed by atoms with E-state index in [4.69, 9.17) is 10.5 Å². The number of nitrogens with zero attached hydrogens (tertiary/aromatic N) is 1. The number of rotatable bonds is 7. The zero-order valence-electron chi connectivity index (χ0n) is 19.0. The van der Waals surface area contributed by atoms with E-state index < -0.39 is 15.7 Å². The second kappa shape index (κ2) is 9.87. The van der Waals surface area contributed by atoms with Gasteiger partial charge in [0.1, 0.15) is 5.75 Å². The summed E-state index contributed by atoms with van der Waals surface area (Å²) < 4.78 is 32.9. The number of pyridine rings is 1. The van der Waals surface area contributed by atoms with E-state index in [9.17, 15) is 18.4 Å². The molecule has 0 aliphatic carbocycles. The SMILES string of the molecule is COc1ccc(S(=O)(=O)c2c(C)c(N)c(-c3ccsc3)c(Cc3cccnc3)c2C(=O)NO)cc1. The molecule has 0 aliphatic rings. The lowest BCUT2D eigenvalue weighted by molar-refractivity contribution is 0.0701. The number of sulfone groups is 1. The van der Waals surface area contributed by atoms with E-state index >= 15 is 0 Å². The van der Waals surface area contributed by atoms with Crippen molar-refractivity contribution in [2.24, 2.45) is 0 Å². The molecule has 0 aliphatic heterocycles. The molecule has 10 heteroatoms. The van der Waals surface area contributed by atoms with Crippen LogP contribution in [0.1, 0.15) is 27.0 Å². The van der Waals surface area contributed by atoms with Crippen LogP contribution in [0.15, 0.2) is 75.4 Å².